The second-order valence-electron chi connectivity index (χ2n) is 6.34. The van der Waals surface area contributed by atoms with Gasteiger partial charge < -0.3 is 4.98 Å². The number of piperazine rings is 1. The zero-order valence-electron chi connectivity index (χ0n) is 14.1. The Morgan fingerprint density at radius 2 is 1.81 bits per heavy atom. The summed E-state index contributed by atoms with van der Waals surface area (Å²) in [5, 5.41) is 0. The van der Waals surface area contributed by atoms with Crippen molar-refractivity contribution in [2.75, 3.05) is 26.2 Å². The third-order valence-electron chi connectivity index (χ3n) is 4.58. The van der Waals surface area contributed by atoms with Gasteiger partial charge in [-0.1, -0.05) is 18.2 Å². The lowest BCUT2D eigenvalue weighted by atomic mass is 10.3. The molecule has 4 rings (SSSR count). The number of H-pyrrole nitrogens is 1. The summed E-state index contributed by atoms with van der Waals surface area (Å²) < 4.78 is 40.1. The highest BCUT2D eigenvalue weighted by atomic mass is 32.2. The SMILES string of the molecule is O=S(=O)(c1cccc(F)c1)N1CCN(Cc2nc3ccccc3[nH]2)CC1. The normalized spacial score (nSPS) is 17.0. The Morgan fingerprint density at radius 1 is 1.04 bits per heavy atom. The zero-order chi connectivity index (χ0) is 18.1. The molecule has 1 N–H and O–H groups in total. The van der Waals surface area contributed by atoms with Crippen LogP contribution in [0.1, 0.15) is 5.82 Å². The smallest absolute Gasteiger partial charge is 0.243 e. The van der Waals surface area contributed by atoms with Crippen LogP contribution in [0.2, 0.25) is 0 Å². The number of rotatable bonds is 4. The van der Waals surface area contributed by atoms with E-state index in [-0.39, 0.29) is 4.90 Å². The predicted molar refractivity (Wildman–Crippen MR) is 96.5 cm³/mol. The van der Waals surface area contributed by atoms with Gasteiger partial charge in [-0.05, 0) is 30.3 Å². The van der Waals surface area contributed by atoms with Crippen LogP contribution in [0, 0.1) is 5.82 Å². The first-order valence-corrected chi connectivity index (χ1v) is 9.88. The van der Waals surface area contributed by atoms with E-state index in [9.17, 15) is 12.8 Å². The first kappa shape index (κ1) is 17.1. The number of hydrogen-bond acceptors (Lipinski definition) is 4. The summed E-state index contributed by atoms with van der Waals surface area (Å²) in [6.45, 7) is 2.60. The number of para-hydroxylation sites is 2. The Balaban J connectivity index is 1.42. The van der Waals surface area contributed by atoms with Crippen molar-refractivity contribution in [3.8, 4) is 0 Å². The Labute approximate surface area is 151 Å². The van der Waals surface area contributed by atoms with Gasteiger partial charge in [0.1, 0.15) is 11.6 Å². The van der Waals surface area contributed by atoms with Crippen molar-refractivity contribution < 1.29 is 12.8 Å². The summed E-state index contributed by atoms with van der Waals surface area (Å²) in [4.78, 5) is 10.0. The van der Waals surface area contributed by atoms with Gasteiger partial charge in [-0.2, -0.15) is 4.31 Å². The van der Waals surface area contributed by atoms with E-state index in [4.69, 9.17) is 0 Å². The molecule has 6 nitrogen and oxygen atoms in total. The number of sulfonamides is 1. The molecule has 8 heteroatoms. The molecule has 0 spiro atoms. The molecule has 0 bridgehead atoms. The number of fused-ring (bicyclic) bond motifs is 1. The van der Waals surface area contributed by atoms with Gasteiger partial charge in [0, 0.05) is 26.2 Å². The molecule has 0 atom stereocenters. The fourth-order valence-corrected chi connectivity index (χ4v) is 4.65. The maximum Gasteiger partial charge on any atom is 0.243 e. The zero-order valence-corrected chi connectivity index (χ0v) is 14.9. The maximum absolute atomic E-state index is 13.4. The van der Waals surface area contributed by atoms with E-state index in [1.807, 2.05) is 24.3 Å². The third kappa shape index (κ3) is 3.35. The molecule has 0 saturated carbocycles. The van der Waals surface area contributed by atoms with Crippen LogP contribution in [0.5, 0.6) is 0 Å². The van der Waals surface area contributed by atoms with Gasteiger partial charge in [0.05, 0.1) is 22.5 Å². The van der Waals surface area contributed by atoms with Crippen LogP contribution in [0.3, 0.4) is 0 Å². The summed E-state index contributed by atoms with van der Waals surface area (Å²) in [5.41, 5.74) is 1.92. The molecule has 1 aliphatic rings. The number of aromatic amines is 1. The Kier molecular flexibility index (Phi) is 4.47. The first-order chi connectivity index (χ1) is 12.5. The van der Waals surface area contributed by atoms with E-state index < -0.39 is 15.8 Å². The summed E-state index contributed by atoms with van der Waals surface area (Å²) in [5.74, 6) is 0.322. The molecule has 26 heavy (non-hydrogen) atoms. The molecule has 136 valence electrons. The predicted octanol–water partition coefficient (Wildman–Crippen LogP) is 2.21. The summed E-state index contributed by atoms with van der Waals surface area (Å²) in [6, 6.07) is 13.0. The average molecular weight is 374 g/mol. The van der Waals surface area contributed by atoms with Gasteiger partial charge in [-0.3, -0.25) is 4.90 Å². The highest BCUT2D eigenvalue weighted by Gasteiger charge is 2.29. The molecule has 2 aromatic carbocycles. The van der Waals surface area contributed by atoms with Gasteiger partial charge in [0.15, 0.2) is 0 Å². The summed E-state index contributed by atoms with van der Waals surface area (Å²) >= 11 is 0. The van der Waals surface area contributed by atoms with Crippen LogP contribution in [-0.4, -0.2) is 53.8 Å². The molecule has 0 aliphatic carbocycles. The van der Waals surface area contributed by atoms with E-state index in [0.717, 1.165) is 22.9 Å². The van der Waals surface area contributed by atoms with Gasteiger partial charge in [0.2, 0.25) is 10.0 Å². The molecule has 2 heterocycles. The molecular weight excluding hydrogens is 355 g/mol. The Morgan fingerprint density at radius 3 is 2.54 bits per heavy atom. The number of benzene rings is 2. The van der Waals surface area contributed by atoms with Crippen LogP contribution >= 0.6 is 0 Å². The summed E-state index contributed by atoms with van der Waals surface area (Å²) in [6.07, 6.45) is 0. The Bertz CT molecular complexity index is 993. The van der Waals surface area contributed by atoms with Crippen molar-refractivity contribution in [2.24, 2.45) is 0 Å². The summed E-state index contributed by atoms with van der Waals surface area (Å²) in [7, 11) is -3.66. The van der Waals surface area contributed by atoms with Gasteiger partial charge in [0.25, 0.3) is 0 Å². The number of hydrogen-bond donors (Lipinski definition) is 1. The first-order valence-electron chi connectivity index (χ1n) is 8.44. The monoisotopic (exact) mass is 374 g/mol. The minimum absolute atomic E-state index is 0.00299. The molecule has 0 radical (unpaired) electrons. The van der Waals surface area contributed by atoms with Gasteiger partial charge >= 0.3 is 0 Å². The fourth-order valence-electron chi connectivity index (χ4n) is 3.20. The van der Waals surface area contributed by atoms with Crippen LogP contribution in [0.15, 0.2) is 53.4 Å². The van der Waals surface area contributed by atoms with Crippen molar-refractivity contribution in [3.05, 3.63) is 60.2 Å². The number of halogens is 1. The molecule has 1 fully saturated rings. The topological polar surface area (TPSA) is 69.3 Å². The standard InChI is InChI=1S/C18H19FN4O2S/c19-14-4-3-5-15(12-14)26(24,25)23-10-8-22(9-11-23)13-18-20-16-6-1-2-7-17(16)21-18/h1-7,12H,8-11,13H2,(H,20,21). The van der Waals surface area contributed by atoms with Crippen molar-refractivity contribution >= 4 is 21.1 Å². The Hall–Kier alpha value is -2.29. The number of nitrogens with zero attached hydrogens (tertiary/aromatic N) is 3. The van der Waals surface area contributed by atoms with E-state index in [2.05, 4.69) is 14.9 Å². The lowest BCUT2D eigenvalue weighted by Crippen LogP contribution is -2.48. The third-order valence-corrected chi connectivity index (χ3v) is 6.47. The molecule has 0 amide bonds. The molecule has 1 aromatic heterocycles. The van der Waals surface area contributed by atoms with Crippen LogP contribution in [0.4, 0.5) is 4.39 Å². The molecule has 1 aliphatic heterocycles. The van der Waals surface area contributed by atoms with E-state index in [0.29, 0.717) is 32.7 Å². The lowest BCUT2D eigenvalue weighted by molar-refractivity contribution is 0.178. The van der Waals surface area contributed by atoms with Crippen molar-refractivity contribution in [1.82, 2.24) is 19.2 Å². The molecule has 3 aromatic rings. The minimum Gasteiger partial charge on any atom is -0.341 e. The van der Waals surface area contributed by atoms with Crippen molar-refractivity contribution in [2.45, 2.75) is 11.4 Å². The van der Waals surface area contributed by atoms with Crippen LogP contribution in [-0.2, 0) is 16.6 Å². The van der Waals surface area contributed by atoms with E-state index in [1.165, 1.54) is 22.5 Å². The molecule has 0 unspecified atom stereocenters. The van der Waals surface area contributed by atoms with Gasteiger partial charge in [-0.15, -0.1) is 0 Å². The van der Waals surface area contributed by atoms with Crippen molar-refractivity contribution in [3.63, 3.8) is 0 Å². The second kappa shape index (κ2) is 6.79. The number of imidazole rings is 1. The number of nitrogens with one attached hydrogen (secondary N) is 1. The van der Waals surface area contributed by atoms with Crippen LogP contribution in [0.25, 0.3) is 11.0 Å². The minimum atomic E-state index is -3.66. The van der Waals surface area contributed by atoms with Gasteiger partial charge in [-0.25, -0.2) is 17.8 Å². The molecule has 1 saturated heterocycles. The quantitative estimate of drug-likeness (QED) is 0.760. The lowest BCUT2D eigenvalue weighted by Gasteiger charge is -2.33. The van der Waals surface area contributed by atoms with Crippen molar-refractivity contribution in [1.29, 1.82) is 0 Å². The largest absolute Gasteiger partial charge is 0.341 e. The fraction of sp³-hybridized carbons (Fsp3) is 0.278. The average Bonchev–Trinajstić information content (AvgIpc) is 3.04. The highest BCUT2D eigenvalue weighted by Crippen LogP contribution is 2.19. The number of aromatic nitrogens is 2. The second-order valence-corrected chi connectivity index (χ2v) is 8.28. The van der Waals surface area contributed by atoms with E-state index in [1.54, 1.807) is 0 Å². The van der Waals surface area contributed by atoms with Crippen LogP contribution < -0.4 is 0 Å². The highest BCUT2D eigenvalue weighted by molar-refractivity contribution is 7.89. The maximum atomic E-state index is 13.4. The van der Waals surface area contributed by atoms with E-state index >= 15 is 0 Å². The molecular formula is C18H19FN4O2S.